The number of hydrogen-bond acceptors (Lipinski definition) is 2. The topological polar surface area (TPSA) is 30.7 Å². The van der Waals surface area contributed by atoms with E-state index in [1.54, 1.807) is 24.1 Å². The molecule has 1 aliphatic heterocycles. The Kier molecular flexibility index (Phi) is 8.26. The van der Waals surface area contributed by atoms with Crippen LogP contribution in [0.15, 0.2) is 48.5 Å². The fourth-order valence-corrected chi connectivity index (χ4v) is 3.84. The summed E-state index contributed by atoms with van der Waals surface area (Å²) in [5, 5.41) is 0. The molecule has 0 amide bonds. The molecule has 3 nitrogen and oxygen atoms in total. The molecule has 1 heterocycles. The lowest BCUT2D eigenvalue weighted by molar-refractivity contribution is -0.906. The van der Waals surface area contributed by atoms with Crippen molar-refractivity contribution in [2.24, 2.45) is 0 Å². The predicted octanol–water partition coefficient (Wildman–Crippen LogP) is 0.264. The second-order valence-corrected chi connectivity index (χ2v) is 7.10. The molecule has 2 aromatic carbocycles. The van der Waals surface area contributed by atoms with Crippen molar-refractivity contribution in [3.8, 4) is 5.75 Å². The van der Waals surface area contributed by atoms with Crippen molar-refractivity contribution < 1.29 is 31.2 Å². The first kappa shape index (κ1) is 21.4. The number of ether oxygens (including phenoxy) is 1. The summed E-state index contributed by atoms with van der Waals surface area (Å²) in [7, 11) is 1.70. The molecule has 1 saturated heterocycles. The Labute approximate surface area is 166 Å². The molecule has 1 fully saturated rings. The van der Waals surface area contributed by atoms with Gasteiger partial charge in [-0.15, -0.1) is 0 Å². The predicted molar refractivity (Wildman–Crippen MR) is 100 cm³/mol. The summed E-state index contributed by atoms with van der Waals surface area (Å²) in [4.78, 5) is 13.8. The van der Waals surface area contributed by atoms with E-state index in [9.17, 15) is 9.18 Å². The molecule has 2 aromatic rings. The van der Waals surface area contributed by atoms with Gasteiger partial charge in [0.05, 0.1) is 26.7 Å². The number of ketones is 1. The van der Waals surface area contributed by atoms with Crippen LogP contribution in [-0.2, 0) is 0 Å². The Morgan fingerprint density at radius 2 is 2.00 bits per heavy atom. The van der Waals surface area contributed by atoms with Crippen LogP contribution in [0.3, 0.4) is 0 Å². The average molecular weight is 392 g/mol. The molecular formula is C22H27ClFNO2. The number of nitrogens with one attached hydrogen (secondary N) is 1. The van der Waals surface area contributed by atoms with Crippen LogP contribution in [0.4, 0.5) is 4.39 Å². The molecule has 2 unspecified atom stereocenters. The van der Waals surface area contributed by atoms with Crippen LogP contribution in [-0.4, -0.2) is 32.5 Å². The van der Waals surface area contributed by atoms with Crippen LogP contribution in [0.1, 0.15) is 47.5 Å². The molecule has 0 aromatic heterocycles. The Bertz CT molecular complexity index is 735. The first-order valence-electron chi connectivity index (χ1n) is 9.42. The summed E-state index contributed by atoms with van der Waals surface area (Å²) < 4.78 is 18.3. The van der Waals surface area contributed by atoms with Gasteiger partial charge >= 0.3 is 0 Å². The van der Waals surface area contributed by atoms with Gasteiger partial charge in [-0.25, -0.2) is 4.39 Å². The molecular weight excluding hydrogens is 365 g/mol. The van der Waals surface area contributed by atoms with E-state index < -0.39 is 0 Å². The van der Waals surface area contributed by atoms with Gasteiger partial charge in [0.15, 0.2) is 5.78 Å². The van der Waals surface area contributed by atoms with E-state index in [1.165, 1.54) is 37.1 Å². The number of likely N-dealkylation sites (tertiary alicyclic amines) is 1. The van der Waals surface area contributed by atoms with Gasteiger partial charge in [0.2, 0.25) is 0 Å². The van der Waals surface area contributed by atoms with Crippen molar-refractivity contribution in [3.63, 3.8) is 0 Å². The maximum Gasteiger partial charge on any atom is 0.163 e. The number of piperidine rings is 1. The number of Topliss-reactive ketones (excluding diaryl/α,β-unsaturated/α-hetero) is 1. The third kappa shape index (κ3) is 6.05. The summed E-state index contributed by atoms with van der Waals surface area (Å²) >= 11 is 0. The van der Waals surface area contributed by atoms with Crippen LogP contribution < -0.4 is 22.0 Å². The Hall–Kier alpha value is -1.91. The number of carbonyl (C=O) groups excluding carboxylic acids is 1. The Morgan fingerprint density at radius 1 is 1.22 bits per heavy atom. The van der Waals surface area contributed by atoms with E-state index in [4.69, 9.17) is 4.74 Å². The maximum absolute atomic E-state index is 12.9. The SMILES string of the molecule is COc1cccc(C2CCC[NH+](CCCC(=O)c3ccc(F)cc3)C2)c1.[Cl-]. The minimum Gasteiger partial charge on any atom is -1.00 e. The van der Waals surface area contributed by atoms with Crippen molar-refractivity contribution in [2.75, 3.05) is 26.7 Å². The van der Waals surface area contributed by atoms with Crippen LogP contribution in [0.2, 0.25) is 0 Å². The lowest BCUT2D eigenvalue weighted by Crippen LogP contribution is -3.13. The zero-order chi connectivity index (χ0) is 18.4. The van der Waals surface area contributed by atoms with Crippen LogP contribution in [0.5, 0.6) is 5.75 Å². The highest BCUT2D eigenvalue weighted by molar-refractivity contribution is 5.95. The number of halogens is 2. The monoisotopic (exact) mass is 391 g/mol. The normalized spacial score (nSPS) is 19.2. The number of carbonyl (C=O) groups is 1. The number of quaternary nitrogens is 1. The zero-order valence-corrected chi connectivity index (χ0v) is 16.5. The van der Waals surface area contributed by atoms with Crippen LogP contribution in [0.25, 0.3) is 0 Å². The lowest BCUT2D eigenvalue weighted by atomic mass is 9.90. The highest BCUT2D eigenvalue weighted by Crippen LogP contribution is 2.25. The molecule has 27 heavy (non-hydrogen) atoms. The fraction of sp³-hybridized carbons (Fsp3) is 0.409. The fourth-order valence-electron chi connectivity index (χ4n) is 3.84. The second kappa shape index (κ2) is 10.4. The quantitative estimate of drug-likeness (QED) is 0.687. The van der Waals surface area contributed by atoms with Gasteiger partial charge in [-0.05, 0) is 54.8 Å². The van der Waals surface area contributed by atoms with Gasteiger partial charge in [-0.2, -0.15) is 0 Å². The number of rotatable bonds is 7. The smallest absolute Gasteiger partial charge is 0.163 e. The lowest BCUT2D eigenvalue weighted by Gasteiger charge is -2.30. The second-order valence-electron chi connectivity index (χ2n) is 7.10. The van der Waals surface area contributed by atoms with Gasteiger partial charge in [-0.3, -0.25) is 4.79 Å². The molecule has 146 valence electrons. The van der Waals surface area contributed by atoms with Gasteiger partial charge in [0, 0.05) is 24.3 Å². The first-order valence-corrected chi connectivity index (χ1v) is 9.42. The van der Waals surface area contributed by atoms with E-state index in [0.29, 0.717) is 17.9 Å². The molecule has 0 spiro atoms. The molecule has 3 rings (SSSR count). The average Bonchev–Trinajstić information content (AvgIpc) is 2.69. The minimum atomic E-state index is -0.303. The summed E-state index contributed by atoms with van der Waals surface area (Å²) in [5.74, 6) is 1.27. The van der Waals surface area contributed by atoms with E-state index in [-0.39, 0.29) is 24.0 Å². The van der Waals surface area contributed by atoms with E-state index in [0.717, 1.165) is 25.3 Å². The van der Waals surface area contributed by atoms with Crippen molar-refractivity contribution in [3.05, 3.63) is 65.5 Å². The maximum atomic E-state index is 12.9. The highest BCUT2D eigenvalue weighted by Gasteiger charge is 2.24. The van der Waals surface area contributed by atoms with Crippen LogP contribution >= 0.6 is 0 Å². The van der Waals surface area contributed by atoms with Crippen molar-refractivity contribution in [2.45, 2.75) is 31.6 Å². The zero-order valence-electron chi connectivity index (χ0n) is 15.7. The van der Waals surface area contributed by atoms with Crippen molar-refractivity contribution >= 4 is 5.78 Å². The third-order valence-corrected chi connectivity index (χ3v) is 5.28. The van der Waals surface area contributed by atoms with E-state index in [2.05, 4.69) is 18.2 Å². The Morgan fingerprint density at radius 3 is 2.74 bits per heavy atom. The summed E-state index contributed by atoms with van der Waals surface area (Å²) in [5.41, 5.74) is 1.96. The molecule has 0 bridgehead atoms. The molecule has 0 radical (unpaired) electrons. The number of hydrogen-bond donors (Lipinski definition) is 1. The van der Waals surface area contributed by atoms with Gasteiger partial charge in [0.25, 0.3) is 0 Å². The molecule has 5 heteroatoms. The first-order chi connectivity index (χ1) is 12.7. The van der Waals surface area contributed by atoms with Gasteiger partial charge in [0.1, 0.15) is 11.6 Å². The summed E-state index contributed by atoms with van der Waals surface area (Å²) in [6.45, 7) is 3.29. The third-order valence-electron chi connectivity index (χ3n) is 5.28. The standard InChI is InChI=1S/C22H26FNO2.ClH/c1-26-21-7-2-5-18(15-21)19-6-3-13-24(16-19)14-4-8-22(25)17-9-11-20(23)12-10-17;/h2,5,7,9-12,15,19H,3-4,6,8,13-14,16H2,1H3;1H. The number of benzene rings is 2. The Balaban J connectivity index is 0.00000261. The molecule has 0 saturated carbocycles. The number of methoxy groups -OCH3 is 1. The highest BCUT2D eigenvalue weighted by atomic mass is 35.5. The van der Waals surface area contributed by atoms with Crippen LogP contribution in [0, 0.1) is 5.82 Å². The minimum absolute atomic E-state index is 0. The summed E-state index contributed by atoms with van der Waals surface area (Å²) in [6.07, 6.45) is 3.82. The van der Waals surface area contributed by atoms with Crippen molar-refractivity contribution in [1.82, 2.24) is 0 Å². The molecule has 1 aliphatic rings. The summed E-state index contributed by atoms with van der Waals surface area (Å²) in [6, 6.07) is 14.2. The molecule has 1 N–H and O–H groups in total. The van der Waals surface area contributed by atoms with Gasteiger partial charge < -0.3 is 22.0 Å². The van der Waals surface area contributed by atoms with E-state index >= 15 is 0 Å². The molecule has 2 atom stereocenters. The van der Waals surface area contributed by atoms with E-state index in [1.807, 2.05) is 6.07 Å². The largest absolute Gasteiger partial charge is 1.00 e. The molecule has 0 aliphatic carbocycles. The van der Waals surface area contributed by atoms with Crippen molar-refractivity contribution in [1.29, 1.82) is 0 Å². The van der Waals surface area contributed by atoms with Gasteiger partial charge in [-0.1, -0.05) is 12.1 Å².